The van der Waals surface area contributed by atoms with E-state index in [4.69, 9.17) is 5.73 Å². The fourth-order valence-corrected chi connectivity index (χ4v) is 4.38. The van der Waals surface area contributed by atoms with E-state index in [2.05, 4.69) is 35.8 Å². The molecule has 0 saturated carbocycles. The Morgan fingerprint density at radius 3 is 2.36 bits per heavy atom. The molecule has 3 rings (SSSR count). The summed E-state index contributed by atoms with van der Waals surface area (Å²) in [6, 6.07) is 8.73. The first kappa shape index (κ1) is 18.2. The topological polar surface area (TPSA) is 29.9 Å². The lowest BCUT2D eigenvalue weighted by atomic mass is 9.92. The van der Waals surface area contributed by atoms with Crippen molar-refractivity contribution in [3.05, 3.63) is 35.5 Å². The molecule has 0 fully saturated rings. The number of unbranched alkanes of at least 4 members (excludes halogenated alkanes) is 7. The van der Waals surface area contributed by atoms with Crippen LogP contribution >= 0.6 is 0 Å². The number of nitrogens with two attached hydrogens (primary N) is 1. The molecule has 1 aliphatic rings. The van der Waals surface area contributed by atoms with Crippen molar-refractivity contribution in [2.75, 3.05) is 5.73 Å². The fraction of sp³-hybridized carbons (Fsp3) is 0.609. The molecule has 2 aromatic rings. The van der Waals surface area contributed by atoms with Crippen molar-refractivity contribution in [2.45, 2.75) is 90.5 Å². The van der Waals surface area contributed by atoms with Crippen LogP contribution in [0.15, 0.2) is 24.3 Å². The van der Waals surface area contributed by atoms with Crippen LogP contribution in [0.3, 0.4) is 0 Å². The molecule has 0 amide bonds. The molecular formula is C23H35N2+. The summed E-state index contributed by atoms with van der Waals surface area (Å²) in [7, 11) is 0. The zero-order chi connectivity index (χ0) is 17.5. The van der Waals surface area contributed by atoms with Crippen LogP contribution in [-0.2, 0) is 19.4 Å². The highest BCUT2D eigenvalue weighted by atomic mass is 15.0. The third-order valence-electron chi connectivity index (χ3n) is 5.81. The van der Waals surface area contributed by atoms with Gasteiger partial charge in [0, 0.05) is 24.5 Å². The Kier molecular flexibility index (Phi) is 6.72. The van der Waals surface area contributed by atoms with Crippen LogP contribution in [0, 0.1) is 0 Å². The number of anilines is 1. The second kappa shape index (κ2) is 9.22. The summed E-state index contributed by atoms with van der Waals surface area (Å²) in [6.45, 7) is 3.44. The molecule has 0 spiro atoms. The summed E-state index contributed by atoms with van der Waals surface area (Å²) in [5, 5.41) is 1.25. The smallest absolute Gasteiger partial charge is 0.214 e. The van der Waals surface area contributed by atoms with E-state index in [9.17, 15) is 0 Å². The monoisotopic (exact) mass is 339 g/mol. The SMILES string of the molecule is CCCCCCCCCC[n+]1c2c(c(N)c3ccccc31)CCCC2. The van der Waals surface area contributed by atoms with Gasteiger partial charge in [-0.15, -0.1) is 0 Å². The quantitative estimate of drug-likeness (QED) is 0.459. The average Bonchev–Trinajstić information content (AvgIpc) is 2.66. The molecule has 25 heavy (non-hydrogen) atoms. The van der Waals surface area contributed by atoms with Gasteiger partial charge in [0.05, 0.1) is 11.1 Å². The van der Waals surface area contributed by atoms with Gasteiger partial charge in [0.1, 0.15) is 6.54 Å². The summed E-state index contributed by atoms with van der Waals surface area (Å²) in [4.78, 5) is 0. The van der Waals surface area contributed by atoms with Crippen LogP contribution in [0.25, 0.3) is 10.9 Å². The number of para-hydroxylation sites is 1. The molecule has 1 aromatic carbocycles. The third-order valence-corrected chi connectivity index (χ3v) is 5.81. The lowest BCUT2D eigenvalue weighted by molar-refractivity contribution is -0.680. The van der Waals surface area contributed by atoms with Gasteiger partial charge in [0.2, 0.25) is 5.52 Å². The maximum Gasteiger partial charge on any atom is 0.214 e. The lowest BCUT2D eigenvalue weighted by Crippen LogP contribution is -2.42. The first-order valence-corrected chi connectivity index (χ1v) is 10.5. The van der Waals surface area contributed by atoms with Gasteiger partial charge in [0.15, 0.2) is 5.69 Å². The van der Waals surface area contributed by atoms with Gasteiger partial charge in [-0.25, -0.2) is 0 Å². The minimum atomic E-state index is 1.04. The van der Waals surface area contributed by atoms with Crippen molar-refractivity contribution >= 4 is 16.6 Å². The third kappa shape index (κ3) is 4.34. The average molecular weight is 340 g/mol. The van der Waals surface area contributed by atoms with Crippen LogP contribution in [0.4, 0.5) is 5.69 Å². The molecule has 2 heteroatoms. The van der Waals surface area contributed by atoms with E-state index in [1.165, 1.54) is 92.8 Å². The molecule has 2 N–H and O–H groups in total. The van der Waals surface area contributed by atoms with Crippen LogP contribution in [0.1, 0.15) is 82.4 Å². The Morgan fingerprint density at radius 1 is 0.880 bits per heavy atom. The minimum Gasteiger partial charge on any atom is -0.398 e. The number of benzene rings is 1. The molecule has 2 nitrogen and oxygen atoms in total. The van der Waals surface area contributed by atoms with Crippen molar-refractivity contribution < 1.29 is 4.57 Å². The van der Waals surface area contributed by atoms with Crippen LogP contribution in [0.2, 0.25) is 0 Å². The predicted molar refractivity (Wildman–Crippen MR) is 108 cm³/mol. The number of fused-ring (bicyclic) bond motifs is 2. The molecule has 0 unspecified atom stereocenters. The summed E-state index contributed by atoms with van der Waals surface area (Å²) < 4.78 is 2.59. The van der Waals surface area contributed by atoms with Gasteiger partial charge in [-0.1, -0.05) is 57.6 Å². The zero-order valence-electron chi connectivity index (χ0n) is 16.0. The van der Waals surface area contributed by atoms with Gasteiger partial charge in [-0.3, -0.25) is 0 Å². The number of nitrogen functional groups attached to an aromatic ring is 1. The first-order chi connectivity index (χ1) is 12.3. The number of hydrogen-bond donors (Lipinski definition) is 1. The first-order valence-electron chi connectivity index (χ1n) is 10.5. The van der Waals surface area contributed by atoms with Gasteiger partial charge in [-0.2, -0.15) is 4.57 Å². The maximum atomic E-state index is 6.53. The minimum absolute atomic E-state index is 1.04. The zero-order valence-corrected chi connectivity index (χ0v) is 16.0. The summed E-state index contributed by atoms with van der Waals surface area (Å²) in [5.74, 6) is 0. The summed E-state index contributed by atoms with van der Waals surface area (Å²) in [6.07, 6.45) is 16.0. The molecule has 0 bridgehead atoms. The molecule has 1 heterocycles. The van der Waals surface area contributed by atoms with E-state index < -0.39 is 0 Å². The van der Waals surface area contributed by atoms with Crippen LogP contribution in [0.5, 0.6) is 0 Å². The molecular weight excluding hydrogens is 304 g/mol. The Labute approximate surface area is 153 Å². The summed E-state index contributed by atoms with van der Waals surface area (Å²) in [5.41, 5.74) is 11.9. The van der Waals surface area contributed by atoms with E-state index in [0.29, 0.717) is 0 Å². The van der Waals surface area contributed by atoms with Gasteiger partial charge in [-0.05, 0) is 31.7 Å². The van der Waals surface area contributed by atoms with Crippen molar-refractivity contribution in [1.29, 1.82) is 0 Å². The van der Waals surface area contributed by atoms with Crippen molar-refractivity contribution in [3.63, 3.8) is 0 Å². The van der Waals surface area contributed by atoms with Crippen molar-refractivity contribution in [3.8, 4) is 0 Å². The molecule has 0 atom stereocenters. The number of pyridine rings is 1. The van der Waals surface area contributed by atoms with E-state index in [0.717, 1.165) is 18.7 Å². The Bertz CT molecular complexity index is 690. The molecule has 1 aromatic heterocycles. The number of aryl methyl sites for hydroxylation is 1. The number of nitrogens with zero attached hydrogens (tertiary/aromatic N) is 1. The number of aromatic nitrogens is 1. The Morgan fingerprint density at radius 2 is 1.56 bits per heavy atom. The van der Waals surface area contributed by atoms with E-state index in [-0.39, 0.29) is 0 Å². The predicted octanol–water partition coefficient (Wildman–Crippen LogP) is 5.73. The number of rotatable bonds is 9. The Hall–Kier alpha value is -1.57. The standard InChI is InChI=1S/C23H34N2/c1-2-3-4-5-6-7-8-13-18-25-21-16-11-9-14-19(21)23(24)20-15-10-12-17-22(20)25/h9,11,14,16,24H,2-8,10,12-13,15,17-18H2,1H3/p+1. The molecule has 0 aliphatic heterocycles. The number of hydrogen-bond acceptors (Lipinski definition) is 1. The van der Waals surface area contributed by atoms with Crippen LogP contribution < -0.4 is 10.3 Å². The van der Waals surface area contributed by atoms with E-state index >= 15 is 0 Å². The molecule has 136 valence electrons. The molecule has 0 radical (unpaired) electrons. The fourth-order valence-electron chi connectivity index (χ4n) is 4.38. The van der Waals surface area contributed by atoms with Gasteiger partial charge >= 0.3 is 0 Å². The van der Waals surface area contributed by atoms with E-state index in [1.54, 1.807) is 0 Å². The second-order valence-corrected chi connectivity index (χ2v) is 7.69. The van der Waals surface area contributed by atoms with Crippen molar-refractivity contribution in [2.24, 2.45) is 0 Å². The highest BCUT2D eigenvalue weighted by Gasteiger charge is 2.26. The normalized spacial score (nSPS) is 14.0. The largest absolute Gasteiger partial charge is 0.398 e. The van der Waals surface area contributed by atoms with Crippen molar-refractivity contribution in [1.82, 2.24) is 0 Å². The highest BCUT2D eigenvalue weighted by Crippen LogP contribution is 2.30. The van der Waals surface area contributed by atoms with E-state index in [1.807, 2.05) is 0 Å². The van der Waals surface area contributed by atoms with Gasteiger partial charge < -0.3 is 5.73 Å². The lowest BCUT2D eigenvalue weighted by Gasteiger charge is -2.18. The highest BCUT2D eigenvalue weighted by molar-refractivity contribution is 5.89. The molecule has 1 aliphatic carbocycles. The van der Waals surface area contributed by atoms with Gasteiger partial charge in [0.25, 0.3) is 0 Å². The molecule has 0 saturated heterocycles. The Balaban J connectivity index is 1.67. The summed E-state index contributed by atoms with van der Waals surface area (Å²) >= 11 is 0. The maximum absolute atomic E-state index is 6.53. The second-order valence-electron chi connectivity index (χ2n) is 7.69. The van der Waals surface area contributed by atoms with Crippen LogP contribution in [-0.4, -0.2) is 0 Å².